The van der Waals surface area contributed by atoms with Crippen LogP contribution in [0.4, 0.5) is 5.69 Å². The maximum atomic E-state index is 3.59. The average molecular weight is 232 g/mol. The molecule has 0 amide bonds. The molecule has 1 aromatic carbocycles. The van der Waals surface area contributed by atoms with Gasteiger partial charge in [-0.1, -0.05) is 12.5 Å². The van der Waals surface area contributed by atoms with E-state index in [9.17, 15) is 0 Å². The molecule has 2 N–H and O–H groups in total. The van der Waals surface area contributed by atoms with Crippen molar-refractivity contribution in [3.8, 4) is 0 Å². The second-order valence-electron chi connectivity index (χ2n) is 5.16. The Balaban J connectivity index is 1.75. The largest absolute Gasteiger partial charge is 0.385 e. The molecular formula is C15H24N2. The van der Waals surface area contributed by atoms with Gasteiger partial charge in [-0.05, 0) is 62.9 Å². The van der Waals surface area contributed by atoms with Crippen molar-refractivity contribution in [1.82, 2.24) is 5.32 Å². The first-order valence-electron chi connectivity index (χ1n) is 6.80. The lowest BCUT2D eigenvalue weighted by Gasteiger charge is -2.23. The third-order valence-electron chi connectivity index (χ3n) is 3.74. The average Bonchev–Trinajstić information content (AvgIpc) is 2.35. The van der Waals surface area contributed by atoms with Gasteiger partial charge in [0.05, 0.1) is 0 Å². The van der Waals surface area contributed by atoms with E-state index in [1.807, 2.05) is 0 Å². The summed E-state index contributed by atoms with van der Waals surface area (Å²) in [6.07, 6.45) is 5.31. The minimum Gasteiger partial charge on any atom is -0.385 e. The van der Waals surface area contributed by atoms with Gasteiger partial charge in [-0.15, -0.1) is 0 Å². The molecule has 1 saturated heterocycles. The molecule has 1 aliphatic rings. The van der Waals surface area contributed by atoms with Crippen LogP contribution in [0.3, 0.4) is 0 Å². The lowest BCUT2D eigenvalue weighted by molar-refractivity contribution is 0.389. The van der Waals surface area contributed by atoms with Crippen molar-refractivity contribution >= 4 is 5.69 Å². The minimum absolute atomic E-state index is 0.725. The van der Waals surface area contributed by atoms with E-state index in [0.717, 1.165) is 12.6 Å². The highest BCUT2D eigenvalue weighted by Gasteiger charge is 2.11. The van der Waals surface area contributed by atoms with E-state index in [1.165, 1.54) is 49.0 Å². The maximum Gasteiger partial charge on any atom is 0.0343 e. The zero-order valence-electron chi connectivity index (χ0n) is 11.1. The van der Waals surface area contributed by atoms with Crippen LogP contribution in [0.15, 0.2) is 18.2 Å². The third-order valence-corrected chi connectivity index (χ3v) is 3.74. The summed E-state index contributed by atoms with van der Waals surface area (Å²) in [5.41, 5.74) is 3.99. The molecule has 0 spiro atoms. The fourth-order valence-electron chi connectivity index (χ4n) is 2.41. The Bertz CT molecular complexity index is 354. The minimum atomic E-state index is 0.725. The predicted octanol–water partition coefficient (Wildman–Crippen LogP) is 3.25. The van der Waals surface area contributed by atoms with Gasteiger partial charge in [0.15, 0.2) is 0 Å². The van der Waals surface area contributed by atoms with Crippen molar-refractivity contribution < 1.29 is 0 Å². The summed E-state index contributed by atoms with van der Waals surface area (Å²) < 4.78 is 0. The first-order valence-corrected chi connectivity index (χ1v) is 6.80. The van der Waals surface area contributed by atoms with E-state index in [-0.39, 0.29) is 0 Å². The Labute approximate surface area is 105 Å². The molecule has 0 aromatic heterocycles. The van der Waals surface area contributed by atoms with Crippen LogP contribution < -0.4 is 10.6 Å². The highest BCUT2D eigenvalue weighted by Crippen LogP contribution is 2.15. The smallest absolute Gasteiger partial charge is 0.0343 e. The van der Waals surface area contributed by atoms with Gasteiger partial charge in [0.2, 0.25) is 0 Å². The Morgan fingerprint density at radius 3 is 2.82 bits per heavy atom. The maximum absolute atomic E-state index is 3.59. The van der Waals surface area contributed by atoms with Crippen molar-refractivity contribution in [1.29, 1.82) is 0 Å². The molecule has 17 heavy (non-hydrogen) atoms. The molecule has 2 nitrogen and oxygen atoms in total. The molecule has 1 unspecified atom stereocenters. The second kappa shape index (κ2) is 6.06. The molecule has 2 heteroatoms. The van der Waals surface area contributed by atoms with Crippen molar-refractivity contribution in [2.45, 2.75) is 45.6 Å². The van der Waals surface area contributed by atoms with Crippen molar-refractivity contribution in [2.75, 3.05) is 18.4 Å². The summed E-state index contributed by atoms with van der Waals surface area (Å²) in [4.78, 5) is 0. The predicted molar refractivity (Wildman–Crippen MR) is 74.7 cm³/mol. The van der Waals surface area contributed by atoms with Crippen LogP contribution in [-0.2, 0) is 0 Å². The Morgan fingerprint density at radius 2 is 2.12 bits per heavy atom. The fourth-order valence-corrected chi connectivity index (χ4v) is 2.41. The number of piperidine rings is 1. The van der Waals surface area contributed by atoms with Crippen LogP contribution in [0.1, 0.15) is 36.8 Å². The number of rotatable bonds is 4. The van der Waals surface area contributed by atoms with Gasteiger partial charge in [-0.3, -0.25) is 0 Å². The first-order chi connectivity index (χ1) is 8.25. The quantitative estimate of drug-likeness (QED) is 0.832. The number of nitrogens with one attached hydrogen (secondary N) is 2. The standard InChI is InChI=1S/C15H24N2/c1-12-6-7-15(11-13(12)2)17-10-8-14-5-3-4-9-16-14/h6-7,11,14,16-17H,3-5,8-10H2,1-2H3. The summed E-state index contributed by atoms with van der Waals surface area (Å²) in [5.74, 6) is 0. The molecule has 1 fully saturated rings. The molecule has 2 rings (SSSR count). The molecule has 0 aliphatic carbocycles. The SMILES string of the molecule is Cc1ccc(NCCC2CCCCN2)cc1C. The van der Waals surface area contributed by atoms with Crippen LogP contribution in [0.5, 0.6) is 0 Å². The monoisotopic (exact) mass is 232 g/mol. The molecular weight excluding hydrogens is 208 g/mol. The van der Waals surface area contributed by atoms with Crippen LogP contribution >= 0.6 is 0 Å². The fraction of sp³-hybridized carbons (Fsp3) is 0.600. The second-order valence-corrected chi connectivity index (χ2v) is 5.16. The van der Waals surface area contributed by atoms with E-state index in [1.54, 1.807) is 0 Å². The van der Waals surface area contributed by atoms with Gasteiger partial charge < -0.3 is 10.6 Å². The topological polar surface area (TPSA) is 24.1 Å². The zero-order valence-corrected chi connectivity index (χ0v) is 11.1. The van der Waals surface area contributed by atoms with E-state index < -0.39 is 0 Å². The van der Waals surface area contributed by atoms with E-state index in [2.05, 4.69) is 42.7 Å². The van der Waals surface area contributed by atoms with Gasteiger partial charge in [0, 0.05) is 18.3 Å². The van der Waals surface area contributed by atoms with Gasteiger partial charge in [-0.2, -0.15) is 0 Å². The Morgan fingerprint density at radius 1 is 1.24 bits per heavy atom. The number of hydrogen-bond acceptors (Lipinski definition) is 2. The molecule has 0 bridgehead atoms. The molecule has 1 heterocycles. The normalized spacial score (nSPS) is 20.2. The Hall–Kier alpha value is -1.02. The number of anilines is 1. The first kappa shape index (κ1) is 12.4. The van der Waals surface area contributed by atoms with E-state index in [4.69, 9.17) is 0 Å². The molecule has 1 atom stereocenters. The van der Waals surface area contributed by atoms with Crippen molar-refractivity contribution in [3.63, 3.8) is 0 Å². The highest BCUT2D eigenvalue weighted by atomic mass is 14.9. The summed E-state index contributed by atoms with van der Waals surface area (Å²) in [5, 5.41) is 7.11. The van der Waals surface area contributed by atoms with Crippen LogP contribution in [0, 0.1) is 13.8 Å². The molecule has 94 valence electrons. The van der Waals surface area contributed by atoms with Gasteiger partial charge in [0.1, 0.15) is 0 Å². The van der Waals surface area contributed by atoms with Gasteiger partial charge in [-0.25, -0.2) is 0 Å². The van der Waals surface area contributed by atoms with Crippen molar-refractivity contribution in [3.05, 3.63) is 29.3 Å². The van der Waals surface area contributed by atoms with Crippen molar-refractivity contribution in [2.24, 2.45) is 0 Å². The number of aryl methyl sites for hydroxylation is 2. The summed E-state index contributed by atoms with van der Waals surface area (Å²) >= 11 is 0. The molecule has 0 radical (unpaired) electrons. The lowest BCUT2D eigenvalue weighted by Crippen LogP contribution is -2.35. The molecule has 1 aliphatic heterocycles. The van der Waals surface area contributed by atoms with Gasteiger partial charge in [0.25, 0.3) is 0 Å². The third kappa shape index (κ3) is 3.74. The zero-order chi connectivity index (χ0) is 12.1. The van der Waals surface area contributed by atoms with E-state index >= 15 is 0 Å². The lowest BCUT2D eigenvalue weighted by atomic mass is 10.0. The summed E-state index contributed by atoms with van der Waals surface area (Å²) in [6, 6.07) is 7.33. The van der Waals surface area contributed by atoms with Crippen LogP contribution in [0.2, 0.25) is 0 Å². The molecule has 0 saturated carbocycles. The Kier molecular flexibility index (Phi) is 4.43. The van der Waals surface area contributed by atoms with Crippen LogP contribution in [0.25, 0.3) is 0 Å². The van der Waals surface area contributed by atoms with Gasteiger partial charge >= 0.3 is 0 Å². The van der Waals surface area contributed by atoms with Crippen LogP contribution in [-0.4, -0.2) is 19.1 Å². The number of benzene rings is 1. The highest BCUT2D eigenvalue weighted by molar-refractivity contribution is 5.47. The number of hydrogen-bond donors (Lipinski definition) is 2. The summed E-state index contributed by atoms with van der Waals surface area (Å²) in [6.45, 7) is 6.60. The van der Waals surface area contributed by atoms with E-state index in [0.29, 0.717) is 0 Å². The summed E-state index contributed by atoms with van der Waals surface area (Å²) in [7, 11) is 0. The molecule has 1 aromatic rings.